The van der Waals surface area contributed by atoms with Gasteiger partial charge in [0, 0.05) is 14.7 Å². The average molecular weight is 1930 g/mol. The number of nitrogens with zero attached hydrogens (tertiary/aromatic N) is 10. The molecule has 0 saturated carbocycles. The minimum Gasteiger partial charge on any atom is -0.657 e. The third kappa shape index (κ3) is 19.0. The summed E-state index contributed by atoms with van der Waals surface area (Å²) in [6, 6.07) is 72.0. The van der Waals surface area contributed by atoms with Gasteiger partial charge in [0.15, 0.2) is 0 Å². The fraction of sp³-hybridized carbons (Fsp3) is 0.271. The molecule has 0 fully saturated rings. The molecular formula is C118H111IN10Zn2. The topological polar surface area (TPSA) is 156 Å². The van der Waals surface area contributed by atoms with Crippen molar-refractivity contribution in [3.05, 3.63) is 304 Å². The first-order valence-corrected chi connectivity index (χ1v) is 45.9. The zero-order valence-electron chi connectivity index (χ0n) is 80.3. The van der Waals surface area contributed by atoms with Crippen molar-refractivity contribution in [3.8, 4) is 102 Å². The molecule has 0 unspecified atom stereocenters. The van der Waals surface area contributed by atoms with Crippen LogP contribution in [-0.2, 0) is 82.3 Å². The van der Waals surface area contributed by atoms with E-state index in [0.717, 1.165) is 143 Å². The average Bonchev–Trinajstić information content (AvgIpc) is 1.61. The molecule has 644 valence electrons. The van der Waals surface area contributed by atoms with Gasteiger partial charge in [0.1, 0.15) is 12.1 Å². The predicted molar refractivity (Wildman–Crippen MR) is 549 cm³/mol. The maximum Gasteiger partial charge on any atom is 2.00 e. The minimum atomic E-state index is -0.254. The summed E-state index contributed by atoms with van der Waals surface area (Å²) in [6.45, 7) is 55.0. The number of hydrogen-bond donors (Lipinski definition) is 0. The molecule has 0 spiro atoms. The normalized spacial score (nSPS) is 12.9. The summed E-state index contributed by atoms with van der Waals surface area (Å²) in [5.41, 5.74) is 33.8. The Balaban J connectivity index is 0.00000657. The van der Waals surface area contributed by atoms with Crippen molar-refractivity contribution in [2.45, 2.75) is 209 Å². The first-order chi connectivity index (χ1) is 60.7. The molecule has 13 heteroatoms. The molecule has 17 rings (SSSR count). The molecule has 10 heterocycles. The van der Waals surface area contributed by atoms with Crippen molar-refractivity contribution in [2.75, 3.05) is 0 Å². The largest absolute Gasteiger partial charge is 2.00 e. The third-order valence-electron chi connectivity index (χ3n) is 25.2. The van der Waals surface area contributed by atoms with Crippen LogP contribution in [0, 0.1) is 38.1 Å². The predicted octanol–water partition coefficient (Wildman–Crippen LogP) is 29.9. The summed E-state index contributed by atoms with van der Waals surface area (Å²) in [4.78, 5) is 48.0. The monoisotopic (exact) mass is 1920 g/mol. The van der Waals surface area contributed by atoms with Gasteiger partial charge in [-0.1, -0.05) is 324 Å². The molecule has 0 radical (unpaired) electrons. The van der Waals surface area contributed by atoms with Gasteiger partial charge in [-0.3, -0.25) is 0 Å². The van der Waals surface area contributed by atoms with Crippen LogP contribution in [0.5, 0.6) is 0 Å². The third-order valence-corrected chi connectivity index (χ3v) is 25.9. The molecule has 0 N–H and O–H groups in total. The maximum atomic E-state index is 9.93. The van der Waals surface area contributed by atoms with E-state index in [1.165, 1.54) is 44.5 Å². The van der Waals surface area contributed by atoms with Crippen molar-refractivity contribution in [2.24, 2.45) is 0 Å². The summed E-state index contributed by atoms with van der Waals surface area (Å²) < 4.78 is 1.13. The Labute approximate surface area is 813 Å². The Kier molecular flexibility index (Phi) is 24.9. The van der Waals surface area contributed by atoms with Crippen LogP contribution < -0.4 is 19.9 Å². The molecule has 131 heavy (non-hydrogen) atoms. The fourth-order valence-electron chi connectivity index (χ4n) is 17.3. The Morgan fingerprint density at radius 3 is 0.649 bits per heavy atom. The van der Waals surface area contributed by atoms with Gasteiger partial charge in [-0.25, -0.2) is 19.9 Å². The van der Waals surface area contributed by atoms with Gasteiger partial charge in [0.25, 0.3) is 0 Å². The first kappa shape index (κ1) is 93.9. The molecular weight excluding hydrogens is 1820 g/mol. The molecule has 13 aromatic rings. The first-order valence-electron chi connectivity index (χ1n) is 44.8. The van der Waals surface area contributed by atoms with E-state index in [1.54, 1.807) is 18.2 Å². The van der Waals surface area contributed by atoms with Crippen LogP contribution >= 0.6 is 22.6 Å². The van der Waals surface area contributed by atoms with E-state index in [-0.39, 0.29) is 87.8 Å². The van der Waals surface area contributed by atoms with Crippen molar-refractivity contribution >= 4 is 115 Å². The van der Waals surface area contributed by atoms with Gasteiger partial charge in [-0.2, -0.15) is 10.5 Å². The number of fused-ring (bicyclic) bond motifs is 16. The van der Waals surface area contributed by atoms with Crippen LogP contribution in [0.4, 0.5) is 0 Å². The molecule has 4 aliphatic heterocycles. The van der Waals surface area contributed by atoms with Crippen molar-refractivity contribution in [1.29, 1.82) is 10.5 Å². The van der Waals surface area contributed by atoms with E-state index in [4.69, 9.17) is 39.9 Å². The van der Waals surface area contributed by atoms with E-state index in [0.29, 0.717) is 44.8 Å². The maximum absolute atomic E-state index is 9.93. The number of benzene rings is 7. The molecule has 0 aliphatic carbocycles. The van der Waals surface area contributed by atoms with Gasteiger partial charge in [0.2, 0.25) is 0 Å². The fourth-order valence-corrected chi connectivity index (χ4v) is 17.7. The molecule has 4 aliphatic rings. The summed E-state index contributed by atoms with van der Waals surface area (Å²) in [5, 5.41) is 19.7. The second kappa shape index (κ2) is 34.8. The Bertz CT molecular complexity index is 7210. The van der Waals surface area contributed by atoms with Gasteiger partial charge >= 0.3 is 39.0 Å². The van der Waals surface area contributed by atoms with Crippen LogP contribution in [0.1, 0.15) is 278 Å². The molecule has 16 bridgehead atoms. The van der Waals surface area contributed by atoms with Crippen LogP contribution in [0.3, 0.4) is 0 Å². The molecule has 0 saturated heterocycles. The second-order valence-corrected chi connectivity index (χ2v) is 44.5. The van der Waals surface area contributed by atoms with Gasteiger partial charge in [-0.05, 0) is 279 Å². The second-order valence-electron chi connectivity index (χ2n) is 43.2. The van der Waals surface area contributed by atoms with Crippen molar-refractivity contribution in [1.82, 2.24) is 39.9 Å². The van der Waals surface area contributed by atoms with E-state index < -0.39 is 0 Å². The standard InChI is InChI=1S/C118H111IN10.2Zn/c1-111(2,3)78-54-73(55-79(62-78)112(4,5)6)105-91-41-37-87(122-91)103(70-30-27-68(28-31-70)25-26-69-29-32-72(66-120)77(53-69)67-121)88-38-42-92(123-88)106(74-56-80(113(7,8)9)63-81(57-74)114(10,11)12)96-46-50-100(127-96)109(99-49-45-95(105)126-99)110-101-51-47-97(128-101)107(75-58-82(115(13,14)15)64-83(59-75)116(16,17)18)93-43-39-89(124-93)104(71-33-35-86(119)36-34-71)90-40-44-94(125-90)108(98-48-52-102(110)129-98)76-60-84(117(19,20)21)65-85(61-76)118(22,23)24;;/h27-65H,1-24H3;;/q-4;2*+2. The van der Waals surface area contributed by atoms with E-state index in [9.17, 15) is 10.5 Å². The van der Waals surface area contributed by atoms with Crippen molar-refractivity contribution < 1.29 is 39.0 Å². The van der Waals surface area contributed by atoms with E-state index >= 15 is 0 Å². The van der Waals surface area contributed by atoms with Gasteiger partial charge < -0.3 is 19.9 Å². The van der Waals surface area contributed by atoms with E-state index in [1.807, 2.05) is 12.1 Å². The van der Waals surface area contributed by atoms with Crippen LogP contribution in [-0.4, -0.2) is 19.9 Å². The van der Waals surface area contributed by atoms with Crippen molar-refractivity contribution in [3.63, 3.8) is 0 Å². The summed E-state index contributed by atoms with van der Waals surface area (Å²) in [6.07, 6.45) is 17.3. The van der Waals surface area contributed by atoms with Gasteiger partial charge in [0.05, 0.1) is 56.7 Å². The quantitative estimate of drug-likeness (QED) is 0.0855. The molecule has 0 atom stereocenters. The summed E-state index contributed by atoms with van der Waals surface area (Å²) >= 11 is 2.40. The molecule has 10 nitrogen and oxygen atoms in total. The van der Waals surface area contributed by atoms with Crippen LogP contribution in [0.2, 0.25) is 0 Å². The zero-order chi connectivity index (χ0) is 91.9. The molecule has 0 amide bonds. The number of nitriles is 2. The SMILES string of the molecule is CC(C)(C)c1cc(-c2c3nc(c(-c4c5nc(c(-c6cc(C(C)(C)C)cc(C(C)(C)C)c6)c6ccc([n-]6)c(-c6ccc(C#Cc7ccc(C#N)c(C#N)c7)cc6)c6nc(c(-c7cc(C(C)(C)C)cc(C(C)(C)C)c7)c7ccc4[n-]7)C=C6)C=C5)c4ccc([n-]4)c(-c4cc(C(C)(C)C)cc(C(C)(C)C)c4)c4nc(c(-c5ccc(I)cc5)c5ccc2[n-]5)C=C4)C=C3)cc(C(C)(C)C)c1.[Zn+2].[Zn+2]. The Morgan fingerprint density at radius 1 is 0.221 bits per heavy atom. The molecule has 6 aromatic heterocycles. The minimum absolute atomic E-state index is 0. The Morgan fingerprint density at radius 2 is 0.420 bits per heavy atom. The Hall–Kier alpha value is -11.7. The number of rotatable bonds is 7. The molecule has 7 aromatic carbocycles. The van der Waals surface area contributed by atoms with E-state index in [2.05, 4.69) is 419 Å². The van der Waals surface area contributed by atoms with Gasteiger partial charge in [-0.15, -0.1) is 44.1 Å². The summed E-state index contributed by atoms with van der Waals surface area (Å²) in [7, 11) is 0. The number of hydrogen-bond acceptors (Lipinski definition) is 6. The smallest absolute Gasteiger partial charge is 0.657 e. The summed E-state index contributed by atoms with van der Waals surface area (Å²) in [5.74, 6) is 6.60. The number of halogens is 1. The van der Waals surface area contributed by atoms with Crippen LogP contribution in [0.15, 0.2) is 188 Å². The number of aromatic nitrogens is 8. The zero-order valence-corrected chi connectivity index (χ0v) is 88.4. The van der Waals surface area contributed by atoms with Crippen LogP contribution in [0.25, 0.3) is 171 Å².